The number of hydrogen-bond donors (Lipinski definition) is 0. The lowest BCUT2D eigenvalue weighted by atomic mass is 9.95. The molecule has 0 aliphatic rings. The van der Waals surface area contributed by atoms with Crippen molar-refractivity contribution in [3.05, 3.63) is 82.4 Å². The highest BCUT2D eigenvalue weighted by molar-refractivity contribution is 14.1. The standard InChI is InChI=1S/C18H13I/c19-17-13-7-12-16(14-8-3-1-4-9-14)18(17)15-10-5-2-6-11-15/h1-13H. The first-order valence-electron chi connectivity index (χ1n) is 6.25. The van der Waals surface area contributed by atoms with Gasteiger partial charge in [0.1, 0.15) is 0 Å². The molecule has 0 aliphatic heterocycles. The third-order valence-electron chi connectivity index (χ3n) is 3.16. The molecule has 0 spiro atoms. The van der Waals surface area contributed by atoms with Gasteiger partial charge in [0.15, 0.2) is 0 Å². The van der Waals surface area contributed by atoms with Crippen LogP contribution in [0, 0.1) is 3.57 Å². The van der Waals surface area contributed by atoms with Crippen molar-refractivity contribution in [3.63, 3.8) is 0 Å². The highest BCUT2D eigenvalue weighted by Crippen LogP contribution is 2.35. The summed E-state index contributed by atoms with van der Waals surface area (Å²) in [6, 6.07) is 27.6. The number of hydrogen-bond acceptors (Lipinski definition) is 0. The maximum atomic E-state index is 2.42. The van der Waals surface area contributed by atoms with Gasteiger partial charge in [0.2, 0.25) is 0 Å². The maximum Gasteiger partial charge on any atom is 0.0215 e. The fourth-order valence-corrected chi connectivity index (χ4v) is 3.09. The number of rotatable bonds is 2. The Bertz CT molecular complexity index is 673. The van der Waals surface area contributed by atoms with Crippen LogP contribution in [0.4, 0.5) is 0 Å². The minimum Gasteiger partial charge on any atom is -0.0622 e. The number of halogens is 1. The van der Waals surface area contributed by atoms with E-state index in [9.17, 15) is 0 Å². The summed E-state index contributed by atoms with van der Waals surface area (Å²) in [5, 5.41) is 0. The molecule has 1 heteroatoms. The Morgan fingerprint density at radius 2 is 1.11 bits per heavy atom. The molecule has 0 nitrogen and oxygen atoms in total. The Kier molecular flexibility index (Phi) is 3.65. The molecule has 0 aromatic heterocycles. The monoisotopic (exact) mass is 356 g/mol. The Morgan fingerprint density at radius 1 is 0.526 bits per heavy atom. The first-order chi connectivity index (χ1) is 9.36. The van der Waals surface area contributed by atoms with Crippen molar-refractivity contribution in [2.75, 3.05) is 0 Å². The van der Waals surface area contributed by atoms with Crippen molar-refractivity contribution in [2.24, 2.45) is 0 Å². The van der Waals surface area contributed by atoms with Gasteiger partial charge in [-0.2, -0.15) is 0 Å². The Morgan fingerprint density at radius 3 is 1.74 bits per heavy atom. The molecule has 0 unspecified atom stereocenters. The average Bonchev–Trinajstić information content (AvgIpc) is 2.49. The van der Waals surface area contributed by atoms with Crippen molar-refractivity contribution < 1.29 is 0 Å². The largest absolute Gasteiger partial charge is 0.0622 e. The molecule has 3 rings (SSSR count). The van der Waals surface area contributed by atoms with Crippen LogP contribution in [0.2, 0.25) is 0 Å². The van der Waals surface area contributed by atoms with E-state index in [2.05, 4.69) is 101 Å². The molecule has 0 saturated carbocycles. The molecule has 3 aromatic carbocycles. The lowest BCUT2D eigenvalue weighted by Crippen LogP contribution is -1.88. The van der Waals surface area contributed by atoms with E-state index in [1.165, 1.54) is 25.8 Å². The molecule has 0 amide bonds. The van der Waals surface area contributed by atoms with Crippen LogP contribution in [0.15, 0.2) is 78.9 Å². The van der Waals surface area contributed by atoms with Crippen molar-refractivity contribution in [3.8, 4) is 22.3 Å². The normalized spacial score (nSPS) is 10.4. The second-order valence-electron chi connectivity index (χ2n) is 4.39. The molecule has 0 fully saturated rings. The molecule has 3 aromatic rings. The zero-order valence-electron chi connectivity index (χ0n) is 10.4. The lowest BCUT2D eigenvalue weighted by molar-refractivity contribution is 1.55. The molecule has 0 saturated heterocycles. The van der Waals surface area contributed by atoms with Crippen LogP contribution < -0.4 is 0 Å². The topological polar surface area (TPSA) is 0 Å². The van der Waals surface area contributed by atoms with E-state index in [1.54, 1.807) is 0 Å². The first kappa shape index (κ1) is 12.4. The van der Waals surface area contributed by atoms with Gasteiger partial charge in [-0.3, -0.25) is 0 Å². The van der Waals surface area contributed by atoms with Crippen LogP contribution in [-0.4, -0.2) is 0 Å². The van der Waals surface area contributed by atoms with Crippen LogP contribution in [0.3, 0.4) is 0 Å². The van der Waals surface area contributed by atoms with Gasteiger partial charge in [0, 0.05) is 9.13 Å². The Labute approximate surface area is 127 Å². The summed E-state index contributed by atoms with van der Waals surface area (Å²) < 4.78 is 1.28. The number of benzene rings is 3. The van der Waals surface area contributed by atoms with Crippen molar-refractivity contribution in [1.29, 1.82) is 0 Å². The Hall–Kier alpha value is -1.61. The van der Waals surface area contributed by atoms with E-state index in [0.717, 1.165) is 0 Å². The summed E-state index contributed by atoms with van der Waals surface area (Å²) in [6.07, 6.45) is 0. The third-order valence-corrected chi connectivity index (χ3v) is 4.06. The van der Waals surface area contributed by atoms with Crippen molar-refractivity contribution in [1.82, 2.24) is 0 Å². The summed E-state index contributed by atoms with van der Waals surface area (Å²) in [5.74, 6) is 0. The molecule has 0 aliphatic carbocycles. The second kappa shape index (κ2) is 5.57. The molecule has 92 valence electrons. The van der Waals surface area contributed by atoms with Gasteiger partial charge in [-0.25, -0.2) is 0 Å². The van der Waals surface area contributed by atoms with E-state index in [0.29, 0.717) is 0 Å². The van der Waals surface area contributed by atoms with Crippen LogP contribution in [-0.2, 0) is 0 Å². The highest BCUT2D eigenvalue weighted by atomic mass is 127. The maximum absolute atomic E-state index is 2.42. The molecular formula is C18H13I. The van der Waals surface area contributed by atoms with Gasteiger partial charge in [-0.15, -0.1) is 0 Å². The average molecular weight is 356 g/mol. The summed E-state index contributed by atoms with van der Waals surface area (Å²) in [5.41, 5.74) is 5.14. The molecule has 0 atom stereocenters. The van der Waals surface area contributed by atoms with Crippen LogP contribution in [0.1, 0.15) is 0 Å². The highest BCUT2D eigenvalue weighted by Gasteiger charge is 2.09. The van der Waals surface area contributed by atoms with Crippen LogP contribution in [0.25, 0.3) is 22.3 Å². The fourth-order valence-electron chi connectivity index (χ4n) is 2.28. The summed E-state index contributed by atoms with van der Waals surface area (Å²) >= 11 is 2.42. The first-order valence-corrected chi connectivity index (χ1v) is 7.33. The molecule has 0 bridgehead atoms. The van der Waals surface area contributed by atoms with Crippen molar-refractivity contribution in [2.45, 2.75) is 0 Å². The third kappa shape index (κ3) is 2.56. The van der Waals surface area contributed by atoms with E-state index < -0.39 is 0 Å². The minimum atomic E-state index is 1.26. The van der Waals surface area contributed by atoms with Gasteiger partial charge in [-0.05, 0) is 45.3 Å². The quantitative estimate of drug-likeness (QED) is 0.523. The molecule has 0 N–H and O–H groups in total. The van der Waals surface area contributed by atoms with E-state index >= 15 is 0 Å². The summed E-state index contributed by atoms with van der Waals surface area (Å²) in [6.45, 7) is 0. The fraction of sp³-hybridized carbons (Fsp3) is 0. The smallest absolute Gasteiger partial charge is 0.0215 e. The van der Waals surface area contributed by atoms with Gasteiger partial charge in [0.05, 0.1) is 0 Å². The Balaban J connectivity index is 2.25. The van der Waals surface area contributed by atoms with Gasteiger partial charge in [-0.1, -0.05) is 72.8 Å². The van der Waals surface area contributed by atoms with E-state index in [4.69, 9.17) is 0 Å². The predicted octanol–water partition coefficient (Wildman–Crippen LogP) is 5.63. The molecule has 0 heterocycles. The van der Waals surface area contributed by atoms with E-state index in [1.807, 2.05) is 0 Å². The summed E-state index contributed by atoms with van der Waals surface area (Å²) in [4.78, 5) is 0. The van der Waals surface area contributed by atoms with Crippen molar-refractivity contribution >= 4 is 22.6 Å². The van der Waals surface area contributed by atoms with Gasteiger partial charge in [0.25, 0.3) is 0 Å². The second-order valence-corrected chi connectivity index (χ2v) is 5.56. The van der Waals surface area contributed by atoms with Crippen LogP contribution in [0.5, 0.6) is 0 Å². The minimum absolute atomic E-state index is 1.26. The van der Waals surface area contributed by atoms with E-state index in [-0.39, 0.29) is 0 Å². The van der Waals surface area contributed by atoms with Gasteiger partial charge >= 0.3 is 0 Å². The SMILES string of the molecule is Ic1cccc(-c2ccccc2)c1-c1ccccc1. The molecule has 19 heavy (non-hydrogen) atoms. The molecular weight excluding hydrogens is 343 g/mol. The summed E-state index contributed by atoms with van der Waals surface area (Å²) in [7, 11) is 0. The lowest BCUT2D eigenvalue weighted by Gasteiger charge is -2.12. The van der Waals surface area contributed by atoms with Crippen LogP contribution >= 0.6 is 22.6 Å². The predicted molar refractivity (Wildman–Crippen MR) is 90.0 cm³/mol. The molecule has 0 radical (unpaired) electrons. The zero-order chi connectivity index (χ0) is 13.1. The van der Waals surface area contributed by atoms with Gasteiger partial charge < -0.3 is 0 Å². The zero-order valence-corrected chi connectivity index (χ0v) is 12.5.